The molecule has 0 bridgehead atoms. The number of nitrogens with one attached hydrogen (secondary N) is 2. The largest absolute Gasteiger partial charge is 0.624 e. The lowest BCUT2D eigenvalue weighted by molar-refractivity contribution is -0.780. The van der Waals surface area contributed by atoms with E-state index < -0.39 is 0 Å². The van der Waals surface area contributed by atoms with Gasteiger partial charge in [-0.25, -0.2) is 0 Å². The van der Waals surface area contributed by atoms with Crippen molar-refractivity contribution in [3.63, 3.8) is 0 Å². The van der Waals surface area contributed by atoms with Gasteiger partial charge in [-0.2, -0.15) is 0 Å². The number of hydroxylamine groups is 4. The van der Waals surface area contributed by atoms with E-state index in [-0.39, 0.29) is 10.1 Å². The van der Waals surface area contributed by atoms with Crippen molar-refractivity contribution in [2.24, 2.45) is 0 Å². The summed E-state index contributed by atoms with van der Waals surface area (Å²) in [6.07, 6.45) is 13.1. The van der Waals surface area contributed by atoms with Gasteiger partial charge in [0.05, 0.1) is 12.4 Å². The number of hydrogen-bond donors (Lipinski definition) is 2. The van der Waals surface area contributed by atoms with Gasteiger partial charge < -0.3 is 20.5 Å². The van der Waals surface area contributed by atoms with Crippen LogP contribution in [0.3, 0.4) is 0 Å². The van der Waals surface area contributed by atoms with Crippen molar-refractivity contribution in [3.05, 3.63) is 70.7 Å². The Balaban J connectivity index is 2.39. The number of rotatable bonds is 0. The SMILES string of the molecule is [O-][NH+]1C=CC=C/C1=C1\C=CC=C[NH+]1[O-]. The predicted octanol–water partition coefficient (Wildman–Crippen LogP) is -0.870. The van der Waals surface area contributed by atoms with Crippen LogP contribution in [-0.2, 0) is 0 Å². The van der Waals surface area contributed by atoms with Crippen LogP contribution in [0.25, 0.3) is 0 Å². The van der Waals surface area contributed by atoms with Gasteiger partial charge in [-0.15, -0.1) is 0 Å². The molecule has 2 aliphatic rings. The highest BCUT2D eigenvalue weighted by Gasteiger charge is 2.16. The van der Waals surface area contributed by atoms with Gasteiger partial charge in [0.25, 0.3) is 0 Å². The molecule has 2 unspecified atom stereocenters. The first kappa shape index (κ1) is 9.11. The molecule has 2 N–H and O–H groups in total. The maximum absolute atomic E-state index is 11.4. The second-order valence-electron chi connectivity index (χ2n) is 2.99. The predicted molar refractivity (Wildman–Crippen MR) is 52.2 cm³/mol. The molecule has 14 heavy (non-hydrogen) atoms. The van der Waals surface area contributed by atoms with E-state index in [0.717, 1.165) is 0 Å². The first-order valence-electron chi connectivity index (χ1n) is 4.31. The Morgan fingerprint density at radius 2 is 1.14 bits per heavy atom. The molecular weight excluding hydrogens is 180 g/mol. The van der Waals surface area contributed by atoms with Gasteiger partial charge in [0.2, 0.25) is 0 Å². The van der Waals surface area contributed by atoms with E-state index in [1.807, 2.05) is 0 Å². The maximum Gasteiger partial charge on any atom is 0.197 e. The van der Waals surface area contributed by atoms with Crippen molar-refractivity contribution in [2.45, 2.75) is 0 Å². The summed E-state index contributed by atoms with van der Waals surface area (Å²) >= 11 is 0. The van der Waals surface area contributed by atoms with Crippen molar-refractivity contribution < 1.29 is 10.1 Å². The molecule has 2 atom stereocenters. The summed E-state index contributed by atoms with van der Waals surface area (Å²) in [4.78, 5) is 0. The fourth-order valence-corrected chi connectivity index (χ4v) is 1.38. The first-order chi connectivity index (χ1) is 6.79. The topological polar surface area (TPSA) is 55.0 Å². The van der Waals surface area contributed by atoms with Gasteiger partial charge >= 0.3 is 0 Å². The minimum atomic E-state index is -0.115. The zero-order valence-corrected chi connectivity index (χ0v) is 7.44. The quantitative estimate of drug-likeness (QED) is 0.488. The minimum Gasteiger partial charge on any atom is -0.624 e. The van der Waals surface area contributed by atoms with Crippen LogP contribution < -0.4 is 10.1 Å². The van der Waals surface area contributed by atoms with E-state index in [2.05, 4.69) is 0 Å². The average molecular weight is 190 g/mol. The summed E-state index contributed by atoms with van der Waals surface area (Å²) in [5.74, 6) is 0. The molecule has 0 aliphatic carbocycles. The number of quaternary nitrogens is 2. The lowest BCUT2D eigenvalue weighted by Crippen LogP contribution is -3.06. The van der Waals surface area contributed by atoms with Crippen molar-refractivity contribution >= 4 is 0 Å². The van der Waals surface area contributed by atoms with Crippen molar-refractivity contribution in [2.75, 3.05) is 0 Å². The minimum absolute atomic E-state index is 0.115. The van der Waals surface area contributed by atoms with Gasteiger partial charge in [-0.1, -0.05) is 12.2 Å². The molecule has 2 rings (SSSR count). The fraction of sp³-hybridized carbons (Fsp3) is 0. The van der Waals surface area contributed by atoms with E-state index in [1.165, 1.54) is 12.4 Å². The molecule has 2 aliphatic heterocycles. The highest BCUT2D eigenvalue weighted by molar-refractivity contribution is 5.30. The smallest absolute Gasteiger partial charge is 0.197 e. The molecule has 0 amide bonds. The van der Waals surface area contributed by atoms with Crippen LogP contribution >= 0.6 is 0 Å². The maximum atomic E-state index is 11.4. The van der Waals surface area contributed by atoms with Crippen LogP contribution in [0, 0.1) is 10.4 Å². The summed E-state index contributed by atoms with van der Waals surface area (Å²) in [6, 6.07) is 0. The summed E-state index contributed by atoms with van der Waals surface area (Å²) in [7, 11) is 0. The molecule has 0 aromatic heterocycles. The Morgan fingerprint density at radius 3 is 1.50 bits per heavy atom. The zero-order chi connectivity index (χ0) is 9.97. The van der Waals surface area contributed by atoms with Crippen molar-refractivity contribution in [1.82, 2.24) is 0 Å². The van der Waals surface area contributed by atoms with E-state index >= 15 is 0 Å². The van der Waals surface area contributed by atoms with Crippen LogP contribution in [-0.4, -0.2) is 0 Å². The average Bonchev–Trinajstić information content (AvgIpc) is 2.20. The van der Waals surface area contributed by atoms with Crippen LogP contribution in [0.15, 0.2) is 60.3 Å². The Labute approximate surface area is 81.6 Å². The lowest BCUT2D eigenvalue weighted by atomic mass is 10.2. The third-order valence-electron chi connectivity index (χ3n) is 2.06. The third kappa shape index (κ3) is 1.59. The molecule has 0 aromatic carbocycles. The summed E-state index contributed by atoms with van der Waals surface area (Å²) in [6.45, 7) is 0. The summed E-state index contributed by atoms with van der Waals surface area (Å²) < 4.78 is 0. The monoisotopic (exact) mass is 190 g/mol. The van der Waals surface area contributed by atoms with Crippen LogP contribution in [0.4, 0.5) is 0 Å². The van der Waals surface area contributed by atoms with Gasteiger partial charge in [-0.3, -0.25) is 0 Å². The summed E-state index contributed by atoms with van der Waals surface area (Å²) in [5, 5.41) is 22.6. The number of hydrogen-bond acceptors (Lipinski definition) is 2. The highest BCUT2D eigenvalue weighted by atomic mass is 16.5. The second kappa shape index (κ2) is 3.73. The lowest BCUT2D eigenvalue weighted by Gasteiger charge is -2.26. The van der Waals surface area contributed by atoms with E-state index in [1.54, 1.807) is 36.5 Å². The van der Waals surface area contributed by atoms with Crippen molar-refractivity contribution in [1.29, 1.82) is 0 Å². The van der Waals surface area contributed by atoms with E-state index in [0.29, 0.717) is 11.4 Å². The Morgan fingerprint density at radius 1 is 0.714 bits per heavy atom. The van der Waals surface area contributed by atoms with Gasteiger partial charge in [0, 0.05) is 12.2 Å². The van der Waals surface area contributed by atoms with Crippen LogP contribution in [0.5, 0.6) is 0 Å². The van der Waals surface area contributed by atoms with Gasteiger partial charge in [0.15, 0.2) is 11.4 Å². The molecule has 0 spiro atoms. The second-order valence-corrected chi connectivity index (χ2v) is 2.99. The molecule has 0 radical (unpaired) electrons. The molecule has 4 heteroatoms. The first-order valence-corrected chi connectivity index (χ1v) is 4.31. The van der Waals surface area contributed by atoms with Crippen LogP contribution in [0.1, 0.15) is 0 Å². The molecule has 0 fully saturated rings. The Bertz CT molecular complexity index is 342. The molecular formula is C10H10N2O2. The van der Waals surface area contributed by atoms with Gasteiger partial charge in [-0.05, 0) is 12.2 Å². The zero-order valence-electron chi connectivity index (χ0n) is 7.44. The molecule has 2 heterocycles. The Hall–Kier alpha value is -1.46. The molecule has 0 saturated heterocycles. The van der Waals surface area contributed by atoms with Gasteiger partial charge in [0.1, 0.15) is 0 Å². The third-order valence-corrected chi connectivity index (χ3v) is 2.06. The van der Waals surface area contributed by atoms with Crippen molar-refractivity contribution in [3.8, 4) is 0 Å². The molecule has 72 valence electrons. The number of allylic oxidation sites excluding steroid dienone is 6. The normalized spacial score (nSPS) is 35.3. The molecule has 0 aromatic rings. The molecule has 4 nitrogen and oxygen atoms in total. The van der Waals surface area contributed by atoms with E-state index in [4.69, 9.17) is 0 Å². The molecule has 0 saturated carbocycles. The van der Waals surface area contributed by atoms with E-state index in [9.17, 15) is 10.4 Å². The van der Waals surface area contributed by atoms with Crippen LogP contribution in [0.2, 0.25) is 0 Å². The fourth-order valence-electron chi connectivity index (χ4n) is 1.38. The summed E-state index contributed by atoms with van der Waals surface area (Å²) in [5.41, 5.74) is 0.941. The Kier molecular flexibility index (Phi) is 2.43. The standard InChI is InChI=1S/C10H10N2O2/c13-11-7-3-1-5-9(11)10-6-2-4-8-12(10)14/h1-8,11-12H/b10-9-. The highest BCUT2D eigenvalue weighted by Crippen LogP contribution is 2.01.